The summed E-state index contributed by atoms with van der Waals surface area (Å²) in [5.74, 6) is 0. The van der Waals surface area contributed by atoms with E-state index < -0.39 is 10.0 Å². The lowest BCUT2D eigenvalue weighted by Crippen LogP contribution is -2.24. The molecule has 1 aromatic rings. The summed E-state index contributed by atoms with van der Waals surface area (Å²) in [6.07, 6.45) is 0.644. The Morgan fingerprint density at radius 1 is 1.38 bits per heavy atom. The van der Waals surface area contributed by atoms with Gasteiger partial charge in [0.05, 0.1) is 4.90 Å². The van der Waals surface area contributed by atoms with E-state index in [-0.39, 0.29) is 0 Å². The molecule has 0 aromatic heterocycles. The highest BCUT2D eigenvalue weighted by Crippen LogP contribution is 2.11. The van der Waals surface area contributed by atoms with Gasteiger partial charge >= 0.3 is 0 Å². The van der Waals surface area contributed by atoms with Crippen LogP contribution < -0.4 is 4.72 Å². The van der Waals surface area contributed by atoms with E-state index in [0.29, 0.717) is 17.9 Å². The predicted molar refractivity (Wildman–Crippen MR) is 74.1 cm³/mol. The van der Waals surface area contributed by atoms with Gasteiger partial charge in [0, 0.05) is 6.54 Å². The summed E-state index contributed by atoms with van der Waals surface area (Å²) in [5, 5.41) is 0. The lowest BCUT2D eigenvalue weighted by molar-refractivity contribution is 0.582. The Labute approximate surface area is 110 Å². The van der Waals surface area contributed by atoms with E-state index in [9.17, 15) is 8.42 Å². The van der Waals surface area contributed by atoms with Crippen LogP contribution in [0.2, 0.25) is 0 Å². The zero-order valence-electron chi connectivity index (χ0n) is 9.03. The summed E-state index contributed by atoms with van der Waals surface area (Å²) in [6.45, 7) is 6.02. The molecule has 0 aliphatic rings. The van der Waals surface area contributed by atoms with Crippen molar-refractivity contribution >= 4 is 32.6 Å². The summed E-state index contributed by atoms with van der Waals surface area (Å²) in [4.78, 5) is 0.303. The molecule has 0 heterocycles. The number of halogens is 1. The van der Waals surface area contributed by atoms with Crippen LogP contribution in [0.1, 0.15) is 12.0 Å². The monoisotopic (exact) mass is 351 g/mol. The fourth-order valence-electron chi connectivity index (χ4n) is 1.12. The Balaban J connectivity index is 2.71. The van der Waals surface area contributed by atoms with Crippen LogP contribution in [0.25, 0.3) is 0 Å². The first kappa shape index (κ1) is 13.7. The van der Waals surface area contributed by atoms with Gasteiger partial charge in [0.2, 0.25) is 10.0 Å². The summed E-state index contributed by atoms with van der Waals surface area (Å²) < 4.78 is 27.0. The molecule has 0 unspecified atom stereocenters. The number of sulfonamides is 1. The lowest BCUT2D eigenvalue weighted by Gasteiger charge is -2.06. The van der Waals surface area contributed by atoms with Crippen LogP contribution in [0.3, 0.4) is 0 Å². The third-order valence-electron chi connectivity index (χ3n) is 2.02. The quantitative estimate of drug-likeness (QED) is 0.829. The third-order valence-corrected chi connectivity index (χ3v) is 4.04. The SMILES string of the molecule is C=C(I)CCNS(=O)(=O)c1ccc(C)cc1. The van der Waals surface area contributed by atoms with Crippen molar-refractivity contribution in [2.75, 3.05) is 6.54 Å². The first-order valence-corrected chi connectivity index (χ1v) is 7.37. The van der Waals surface area contributed by atoms with Crippen LogP contribution in [-0.2, 0) is 10.0 Å². The van der Waals surface area contributed by atoms with Crippen LogP contribution in [0.4, 0.5) is 0 Å². The zero-order valence-corrected chi connectivity index (χ0v) is 12.0. The average Bonchev–Trinajstić information content (AvgIpc) is 2.17. The molecule has 1 rings (SSSR count). The molecule has 0 spiro atoms. The zero-order chi connectivity index (χ0) is 12.2. The van der Waals surface area contributed by atoms with Crippen LogP contribution in [0, 0.1) is 6.92 Å². The van der Waals surface area contributed by atoms with Crippen LogP contribution in [0.5, 0.6) is 0 Å². The van der Waals surface area contributed by atoms with Gasteiger partial charge in [-0.05, 0) is 51.6 Å². The largest absolute Gasteiger partial charge is 0.240 e. The Hall–Kier alpha value is -0.400. The van der Waals surface area contributed by atoms with Crippen molar-refractivity contribution < 1.29 is 8.42 Å². The third kappa shape index (κ3) is 4.23. The molecule has 0 bridgehead atoms. The fourth-order valence-corrected chi connectivity index (χ4v) is 2.42. The summed E-state index contributed by atoms with van der Waals surface area (Å²) in [7, 11) is -3.37. The van der Waals surface area contributed by atoms with E-state index >= 15 is 0 Å². The maximum atomic E-state index is 11.8. The highest BCUT2D eigenvalue weighted by atomic mass is 127. The molecule has 0 radical (unpaired) electrons. The average molecular weight is 351 g/mol. The van der Waals surface area contributed by atoms with E-state index in [4.69, 9.17) is 0 Å². The predicted octanol–water partition coefficient (Wildman–Crippen LogP) is 2.61. The normalized spacial score (nSPS) is 11.4. The van der Waals surface area contributed by atoms with Crippen molar-refractivity contribution in [1.82, 2.24) is 4.72 Å². The second kappa shape index (κ2) is 5.79. The van der Waals surface area contributed by atoms with Crippen molar-refractivity contribution in [3.05, 3.63) is 40.0 Å². The summed E-state index contributed by atoms with van der Waals surface area (Å²) >= 11 is 2.08. The maximum Gasteiger partial charge on any atom is 0.240 e. The minimum Gasteiger partial charge on any atom is -0.211 e. The first-order chi connectivity index (χ1) is 7.42. The molecule has 0 fully saturated rings. The molecular formula is C11H14INO2S. The van der Waals surface area contributed by atoms with Crippen molar-refractivity contribution in [1.29, 1.82) is 0 Å². The van der Waals surface area contributed by atoms with Crippen LogP contribution in [0.15, 0.2) is 39.3 Å². The Bertz CT molecular complexity index is 465. The minimum atomic E-state index is -3.37. The van der Waals surface area contributed by atoms with Crippen molar-refractivity contribution in [2.24, 2.45) is 0 Å². The van der Waals surface area contributed by atoms with Gasteiger partial charge < -0.3 is 0 Å². The topological polar surface area (TPSA) is 46.2 Å². The molecule has 1 N–H and O–H groups in total. The van der Waals surface area contributed by atoms with Gasteiger partial charge in [-0.25, -0.2) is 13.1 Å². The van der Waals surface area contributed by atoms with Gasteiger partial charge in [0.1, 0.15) is 0 Å². The fraction of sp³-hybridized carbons (Fsp3) is 0.273. The van der Waals surface area contributed by atoms with Crippen molar-refractivity contribution in [3.63, 3.8) is 0 Å². The maximum absolute atomic E-state index is 11.8. The molecule has 0 saturated heterocycles. The molecule has 0 aliphatic carbocycles. The van der Waals surface area contributed by atoms with E-state index in [0.717, 1.165) is 9.14 Å². The molecule has 3 nitrogen and oxygen atoms in total. The van der Waals surface area contributed by atoms with Crippen LogP contribution in [-0.4, -0.2) is 15.0 Å². The molecule has 0 atom stereocenters. The molecule has 0 amide bonds. The van der Waals surface area contributed by atoms with E-state index in [1.807, 2.05) is 6.92 Å². The second-order valence-corrected chi connectivity index (χ2v) is 6.77. The summed E-state index contributed by atoms with van der Waals surface area (Å²) in [5.41, 5.74) is 1.04. The molecule has 0 saturated carbocycles. The van der Waals surface area contributed by atoms with E-state index in [1.54, 1.807) is 24.3 Å². The van der Waals surface area contributed by atoms with Gasteiger partial charge in [0.15, 0.2) is 0 Å². The van der Waals surface area contributed by atoms with Gasteiger partial charge in [-0.15, -0.1) is 0 Å². The molecule has 1 aromatic carbocycles. The number of hydrogen-bond donors (Lipinski definition) is 1. The Morgan fingerprint density at radius 3 is 2.44 bits per heavy atom. The molecule has 5 heteroatoms. The molecular weight excluding hydrogens is 337 g/mol. The highest BCUT2D eigenvalue weighted by Gasteiger charge is 2.12. The minimum absolute atomic E-state index is 0.303. The lowest BCUT2D eigenvalue weighted by atomic mass is 10.2. The standard InChI is InChI=1S/C11H14INO2S/c1-9-3-5-11(6-4-9)16(14,15)13-8-7-10(2)12/h3-6,13H,2,7-8H2,1H3. The summed E-state index contributed by atoms with van der Waals surface area (Å²) in [6, 6.07) is 6.78. The second-order valence-electron chi connectivity index (χ2n) is 3.48. The van der Waals surface area contributed by atoms with Crippen molar-refractivity contribution in [2.45, 2.75) is 18.2 Å². The van der Waals surface area contributed by atoms with E-state index in [2.05, 4.69) is 33.9 Å². The molecule has 0 aliphatic heterocycles. The number of nitrogens with one attached hydrogen (secondary N) is 1. The molecule has 88 valence electrons. The van der Waals surface area contributed by atoms with Gasteiger partial charge in [-0.2, -0.15) is 0 Å². The molecule has 16 heavy (non-hydrogen) atoms. The van der Waals surface area contributed by atoms with Gasteiger partial charge in [-0.1, -0.05) is 24.3 Å². The smallest absolute Gasteiger partial charge is 0.211 e. The van der Waals surface area contributed by atoms with E-state index in [1.165, 1.54) is 0 Å². The first-order valence-electron chi connectivity index (χ1n) is 4.81. The number of benzene rings is 1. The van der Waals surface area contributed by atoms with Crippen molar-refractivity contribution in [3.8, 4) is 0 Å². The van der Waals surface area contributed by atoms with Gasteiger partial charge in [-0.3, -0.25) is 0 Å². The van der Waals surface area contributed by atoms with Crippen LogP contribution >= 0.6 is 22.6 Å². The highest BCUT2D eigenvalue weighted by molar-refractivity contribution is 14.1. The van der Waals surface area contributed by atoms with Gasteiger partial charge in [0.25, 0.3) is 0 Å². The number of rotatable bonds is 5. The Kier molecular flexibility index (Phi) is 4.94. The Morgan fingerprint density at radius 2 is 1.94 bits per heavy atom. The number of hydrogen-bond acceptors (Lipinski definition) is 2. The number of aryl methyl sites for hydroxylation is 1.